The lowest BCUT2D eigenvalue weighted by molar-refractivity contribution is -0.131. The van der Waals surface area contributed by atoms with E-state index in [-0.39, 0.29) is 19.0 Å². The predicted octanol–water partition coefficient (Wildman–Crippen LogP) is 4.23. The second-order valence-corrected chi connectivity index (χ2v) is 12.2. The molecule has 0 radical (unpaired) electrons. The molecule has 1 amide bonds. The molecule has 2 fully saturated rings. The van der Waals surface area contributed by atoms with Gasteiger partial charge >= 0.3 is 6.01 Å². The van der Waals surface area contributed by atoms with Crippen molar-refractivity contribution in [2.45, 2.75) is 56.8 Å². The Bertz CT molecular complexity index is 1480. The number of ether oxygens (including phenoxy) is 1. The molecule has 0 spiro atoms. The molecule has 9 nitrogen and oxygen atoms in total. The number of carbonyl (C=O) groups is 1. The highest BCUT2D eigenvalue weighted by Gasteiger charge is 2.36. The molecule has 0 bridgehead atoms. The van der Waals surface area contributed by atoms with Gasteiger partial charge in [0, 0.05) is 49.4 Å². The average molecular weight is 606 g/mol. The van der Waals surface area contributed by atoms with E-state index in [1.54, 1.807) is 0 Å². The first-order valence-corrected chi connectivity index (χ1v) is 15.4. The standard InChI is InChI=1S/C32H37ClFN7O2/c1-21(34)31(42)41-17-16-40(18-23(41)11-13-35)30-25-12-15-39(28-10-4-7-22-6-3-9-26(33)29(22)28)19-27(25)36-32(37-30)43-20-24-8-5-14-38(24)2/h3-4,6,9-10,23-24,28H,1,5,7-8,11-12,14-20H2,2H3/t23-,24?,28?/m1/s1. The van der Waals surface area contributed by atoms with Crippen molar-refractivity contribution in [1.82, 2.24) is 24.7 Å². The normalized spacial score (nSPS) is 23.9. The lowest BCUT2D eigenvalue weighted by Gasteiger charge is -2.42. The number of nitriles is 1. The predicted molar refractivity (Wildman–Crippen MR) is 163 cm³/mol. The van der Waals surface area contributed by atoms with E-state index in [0.717, 1.165) is 66.4 Å². The van der Waals surface area contributed by atoms with Gasteiger partial charge in [-0.25, -0.2) is 4.39 Å². The number of likely N-dealkylation sites (tertiary alicyclic amines) is 1. The minimum atomic E-state index is -1.01. The topological polar surface area (TPSA) is 88.8 Å². The number of fused-ring (bicyclic) bond motifs is 2. The van der Waals surface area contributed by atoms with Gasteiger partial charge in [0.2, 0.25) is 0 Å². The van der Waals surface area contributed by atoms with Crippen molar-refractivity contribution in [1.29, 1.82) is 5.26 Å². The van der Waals surface area contributed by atoms with Gasteiger partial charge in [-0.1, -0.05) is 42.5 Å². The maximum Gasteiger partial charge on any atom is 0.318 e. The molecule has 226 valence electrons. The number of benzene rings is 1. The molecular formula is C32H37ClFN7O2. The summed E-state index contributed by atoms with van der Waals surface area (Å²) < 4.78 is 20.1. The summed E-state index contributed by atoms with van der Waals surface area (Å²) in [5, 5.41) is 10.3. The minimum absolute atomic E-state index is 0.0453. The molecule has 0 saturated carbocycles. The van der Waals surface area contributed by atoms with Crippen LogP contribution in [0.3, 0.4) is 0 Å². The van der Waals surface area contributed by atoms with E-state index in [0.29, 0.717) is 38.3 Å². The molecule has 1 aromatic heterocycles. The molecule has 43 heavy (non-hydrogen) atoms. The maximum atomic E-state index is 13.8. The number of aromatic nitrogens is 2. The molecule has 4 aliphatic rings. The van der Waals surface area contributed by atoms with Crippen molar-refractivity contribution >= 4 is 23.3 Å². The van der Waals surface area contributed by atoms with Gasteiger partial charge < -0.3 is 19.4 Å². The van der Waals surface area contributed by atoms with Crippen molar-refractivity contribution in [2.75, 3.05) is 51.3 Å². The molecule has 1 aromatic carbocycles. The first-order chi connectivity index (χ1) is 20.8. The fourth-order valence-corrected chi connectivity index (χ4v) is 7.21. The van der Waals surface area contributed by atoms with E-state index in [2.05, 4.69) is 52.6 Å². The van der Waals surface area contributed by atoms with Crippen LogP contribution in [0.15, 0.2) is 42.8 Å². The number of piperazine rings is 1. The molecule has 11 heteroatoms. The highest BCUT2D eigenvalue weighted by molar-refractivity contribution is 6.31. The molecule has 6 rings (SSSR count). The number of halogens is 2. The lowest BCUT2D eigenvalue weighted by Crippen LogP contribution is -2.55. The van der Waals surface area contributed by atoms with Gasteiger partial charge in [0.1, 0.15) is 12.4 Å². The van der Waals surface area contributed by atoms with E-state index >= 15 is 0 Å². The van der Waals surface area contributed by atoms with Crippen molar-refractivity contribution in [3.05, 3.63) is 70.2 Å². The largest absolute Gasteiger partial charge is 0.462 e. The Morgan fingerprint density at radius 2 is 2.09 bits per heavy atom. The summed E-state index contributed by atoms with van der Waals surface area (Å²) >= 11 is 6.72. The van der Waals surface area contributed by atoms with Crippen LogP contribution in [0.2, 0.25) is 5.02 Å². The van der Waals surface area contributed by atoms with Crippen LogP contribution in [0.25, 0.3) is 0 Å². The van der Waals surface area contributed by atoms with Gasteiger partial charge in [-0.15, -0.1) is 0 Å². The average Bonchev–Trinajstić information content (AvgIpc) is 3.43. The number of allylic oxidation sites excluding steroid dienone is 1. The Hall–Kier alpha value is -3.52. The van der Waals surface area contributed by atoms with Crippen molar-refractivity contribution in [3.63, 3.8) is 0 Å². The summed E-state index contributed by atoms with van der Waals surface area (Å²) in [7, 11) is 2.11. The first-order valence-electron chi connectivity index (χ1n) is 15.0. The second kappa shape index (κ2) is 12.6. The third-order valence-corrected chi connectivity index (χ3v) is 9.55. The number of nitrogens with zero attached hydrogens (tertiary/aromatic N) is 7. The minimum Gasteiger partial charge on any atom is -0.462 e. The highest BCUT2D eigenvalue weighted by Crippen LogP contribution is 2.39. The second-order valence-electron chi connectivity index (χ2n) is 11.8. The first kappa shape index (κ1) is 29.5. The Morgan fingerprint density at radius 3 is 2.86 bits per heavy atom. The number of carbonyl (C=O) groups excluding carboxylic acids is 1. The number of amides is 1. The number of hydrogen-bond acceptors (Lipinski definition) is 8. The van der Waals surface area contributed by atoms with E-state index in [1.807, 2.05) is 12.1 Å². The van der Waals surface area contributed by atoms with Crippen molar-refractivity contribution in [2.24, 2.45) is 0 Å². The van der Waals surface area contributed by atoms with Gasteiger partial charge in [-0.2, -0.15) is 15.2 Å². The maximum absolute atomic E-state index is 13.8. The SMILES string of the molecule is C=C(F)C(=O)N1CCN(c2nc(OCC3CCCN3C)nc3c2CCN(C2C=CCc4cccc(Cl)c42)C3)C[C@H]1CC#N. The number of likely N-dealkylation sites (N-methyl/N-ethyl adjacent to an activating group) is 1. The molecule has 4 heterocycles. The zero-order valence-electron chi connectivity index (χ0n) is 24.5. The lowest BCUT2D eigenvalue weighted by atomic mass is 9.90. The van der Waals surface area contributed by atoms with E-state index in [1.165, 1.54) is 10.5 Å². The summed E-state index contributed by atoms with van der Waals surface area (Å²) in [5.74, 6) is -1.00. The Kier molecular flexibility index (Phi) is 8.66. The summed E-state index contributed by atoms with van der Waals surface area (Å²) in [6.07, 6.45) is 8.33. The molecule has 2 unspecified atom stereocenters. The number of hydrogen-bond donors (Lipinski definition) is 0. The molecule has 3 aliphatic heterocycles. The van der Waals surface area contributed by atoms with Crippen LogP contribution in [-0.4, -0.2) is 89.0 Å². The van der Waals surface area contributed by atoms with Crippen molar-refractivity contribution in [3.8, 4) is 12.1 Å². The summed E-state index contributed by atoms with van der Waals surface area (Å²) in [6.45, 7) is 7.21. The van der Waals surface area contributed by atoms with Crippen LogP contribution in [0.4, 0.5) is 10.2 Å². The Labute approximate surface area is 257 Å². The fourth-order valence-electron chi connectivity index (χ4n) is 6.90. The van der Waals surface area contributed by atoms with Gasteiger partial charge in [0.15, 0.2) is 5.83 Å². The Balaban J connectivity index is 1.31. The third kappa shape index (κ3) is 5.99. The third-order valence-electron chi connectivity index (χ3n) is 9.22. The molecule has 2 aromatic rings. The van der Waals surface area contributed by atoms with Crippen LogP contribution in [0.1, 0.15) is 47.7 Å². The van der Waals surface area contributed by atoms with Crippen molar-refractivity contribution < 1.29 is 13.9 Å². The molecule has 0 N–H and O–H groups in total. The number of rotatable bonds is 7. The molecular weight excluding hydrogens is 569 g/mol. The fraction of sp³-hybridized carbons (Fsp3) is 0.500. The van der Waals surface area contributed by atoms with Gasteiger partial charge in [-0.05, 0) is 56.5 Å². The zero-order chi connectivity index (χ0) is 30.1. The molecule has 2 saturated heterocycles. The van der Waals surface area contributed by atoms with Crippen LogP contribution >= 0.6 is 11.6 Å². The van der Waals surface area contributed by atoms with Gasteiger partial charge in [0.05, 0.1) is 30.3 Å². The smallest absolute Gasteiger partial charge is 0.318 e. The van der Waals surface area contributed by atoms with E-state index < -0.39 is 17.8 Å². The monoisotopic (exact) mass is 605 g/mol. The zero-order valence-corrected chi connectivity index (χ0v) is 25.3. The summed E-state index contributed by atoms with van der Waals surface area (Å²) in [4.78, 5) is 30.6. The summed E-state index contributed by atoms with van der Waals surface area (Å²) in [6, 6.07) is 8.47. The molecule has 1 aliphatic carbocycles. The van der Waals surface area contributed by atoms with Gasteiger partial charge in [0.25, 0.3) is 5.91 Å². The number of anilines is 1. The van der Waals surface area contributed by atoms with Crippen LogP contribution in [0, 0.1) is 11.3 Å². The van der Waals surface area contributed by atoms with E-state index in [9.17, 15) is 14.4 Å². The summed E-state index contributed by atoms with van der Waals surface area (Å²) in [5.41, 5.74) is 4.35. The van der Waals surface area contributed by atoms with Crippen LogP contribution < -0.4 is 9.64 Å². The van der Waals surface area contributed by atoms with E-state index in [4.69, 9.17) is 26.3 Å². The quantitative estimate of drug-likeness (QED) is 0.342. The highest BCUT2D eigenvalue weighted by atomic mass is 35.5. The van der Waals surface area contributed by atoms with Crippen LogP contribution in [0.5, 0.6) is 6.01 Å². The van der Waals surface area contributed by atoms with Gasteiger partial charge in [-0.3, -0.25) is 9.69 Å². The molecule has 3 atom stereocenters. The van der Waals surface area contributed by atoms with Crippen LogP contribution in [-0.2, 0) is 24.2 Å². The Morgan fingerprint density at radius 1 is 1.23 bits per heavy atom.